The largest absolute Gasteiger partial charge is 0.478 e. The van der Waals surface area contributed by atoms with Gasteiger partial charge in [0.05, 0.1) is 44.7 Å². The van der Waals surface area contributed by atoms with Crippen LogP contribution in [0.5, 0.6) is 0 Å². The molecule has 0 radical (unpaired) electrons. The number of rotatable bonds is 6. The summed E-state index contributed by atoms with van der Waals surface area (Å²) in [7, 11) is 0. The van der Waals surface area contributed by atoms with Crippen LogP contribution in [0.25, 0.3) is 21.7 Å². The summed E-state index contributed by atoms with van der Waals surface area (Å²) < 4.78 is 7.16. The van der Waals surface area contributed by atoms with Crippen LogP contribution in [0.1, 0.15) is 39.8 Å². The molecule has 1 aromatic carbocycles. The van der Waals surface area contributed by atoms with E-state index in [0.717, 1.165) is 4.88 Å². The van der Waals surface area contributed by atoms with Crippen LogP contribution in [0.4, 0.5) is 5.95 Å². The molecule has 9 nitrogen and oxygen atoms in total. The van der Waals surface area contributed by atoms with Gasteiger partial charge in [-0.15, -0.1) is 11.3 Å². The van der Waals surface area contributed by atoms with Crippen LogP contribution >= 0.6 is 11.3 Å². The summed E-state index contributed by atoms with van der Waals surface area (Å²) in [5, 5.41) is 22.3. The number of carbonyl (C=O) groups is 2. The Labute approximate surface area is 181 Å². The highest BCUT2D eigenvalue weighted by Gasteiger charge is 2.22. The van der Waals surface area contributed by atoms with E-state index in [0.29, 0.717) is 27.6 Å². The molecule has 3 aromatic heterocycles. The van der Waals surface area contributed by atoms with E-state index in [2.05, 4.69) is 15.3 Å². The third-order valence-corrected chi connectivity index (χ3v) is 5.56. The Morgan fingerprint density at radius 1 is 1.26 bits per heavy atom. The SMILES string of the molecule is Cc1ncc(-c2ccc(C(=O)Nc3nc4cc(C(=O)O)ccc4n3CC(C)(C)O)s2)o1. The molecule has 160 valence electrons. The first-order valence-electron chi connectivity index (χ1n) is 9.41. The first kappa shape index (κ1) is 20.8. The summed E-state index contributed by atoms with van der Waals surface area (Å²) in [4.78, 5) is 33.8. The van der Waals surface area contributed by atoms with Gasteiger partial charge in [0, 0.05) is 6.92 Å². The zero-order valence-corrected chi connectivity index (χ0v) is 17.9. The Morgan fingerprint density at radius 2 is 2.03 bits per heavy atom. The van der Waals surface area contributed by atoms with Gasteiger partial charge >= 0.3 is 5.97 Å². The van der Waals surface area contributed by atoms with Crippen molar-refractivity contribution >= 4 is 40.2 Å². The lowest BCUT2D eigenvalue weighted by atomic mass is 10.1. The van der Waals surface area contributed by atoms with Gasteiger partial charge in [-0.05, 0) is 44.2 Å². The zero-order chi connectivity index (χ0) is 22.3. The number of imidazole rings is 1. The number of carboxylic acid groups (broad SMARTS) is 1. The summed E-state index contributed by atoms with van der Waals surface area (Å²) in [5.74, 6) is -0.112. The van der Waals surface area contributed by atoms with Gasteiger partial charge in [-0.2, -0.15) is 0 Å². The van der Waals surface area contributed by atoms with Crippen LogP contribution in [0, 0.1) is 6.92 Å². The second-order valence-corrected chi connectivity index (χ2v) is 8.79. The molecule has 0 spiro atoms. The number of oxazole rings is 1. The summed E-state index contributed by atoms with van der Waals surface area (Å²) in [5.41, 5.74) is 0.0113. The summed E-state index contributed by atoms with van der Waals surface area (Å²) in [6.45, 7) is 5.17. The minimum atomic E-state index is -1.08. The molecule has 0 atom stereocenters. The molecule has 10 heteroatoms. The minimum absolute atomic E-state index is 0.0866. The van der Waals surface area contributed by atoms with E-state index in [9.17, 15) is 19.8 Å². The highest BCUT2D eigenvalue weighted by Crippen LogP contribution is 2.30. The molecular weight excluding hydrogens is 420 g/mol. The number of carbonyl (C=O) groups excluding carboxylic acids is 1. The number of aromatic nitrogens is 3. The van der Waals surface area contributed by atoms with Gasteiger partial charge < -0.3 is 19.2 Å². The Balaban J connectivity index is 1.68. The molecule has 0 saturated heterocycles. The number of amides is 1. The first-order valence-corrected chi connectivity index (χ1v) is 10.2. The van der Waals surface area contributed by atoms with Crippen molar-refractivity contribution in [1.29, 1.82) is 0 Å². The molecule has 0 aliphatic rings. The Kier molecular flexibility index (Phi) is 5.11. The smallest absolute Gasteiger partial charge is 0.335 e. The average Bonchev–Trinajstić information content (AvgIpc) is 3.40. The van der Waals surface area contributed by atoms with Crippen LogP contribution in [0.2, 0.25) is 0 Å². The van der Waals surface area contributed by atoms with Crippen LogP contribution in [0.3, 0.4) is 0 Å². The number of hydrogen-bond donors (Lipinski definition) is 3. The third-order valence-electron chi connectivity index (χ3n) is 4.46. The van der Waals surface area contributed by atoms with Gasteiger partial charge in [0.1, 0.15) is 0 Å². The van der Waals surface area contributed by atoms with Gasteiger partial charge in [0.2, 0.25) is 5.95 Å². The number of anilines is 1. The molecule has 31 heavy (non-hydrogen) atoms. The number of nitrogens with zero attached hydrogens (tertiary/aromatic N) is 3. The number of benzene rings is 1. The Morgan fingerprint density at radius 3 is 2.68 bits per heavy atom. The maximum atomic E-state index is 12.9. The predicted octanol–water partition coefficient (Wildman–Crippen LogP) is 3.78. The second kappa shape index (κ2) is 7.64. The molecule has 0 saturated carbocycles. The maximum Gasteiger partial charge on any atom is 0.335 e. The number of carboxylic acids is 1. The van der Waals surface area contributed by atoms with Crippen molar-refractivity contribution in [3.05, 3.63) is 52.9 Å². The van der Waals surface area contributed by atoms with Crippen LogP contribution < -0.4 is 5.32 Å². The zero-order valence-electron chi connectivity index (χ0n) is 17.0. The highest BCUT2D eigenvalue weighted by atomic mass is 32.1. The molecule has 1 amide bonds. The van der Waals surface area contributed by atoms with Crippen molar-refractivity contribution in [2.75, 3.05) is 5.32 Å². The van der Waals surface area contributed by atoms with E-state index in [-0.39, 0.29) is 24.0 Å². The molecule has 3 N–H and O–H groups in total. The van der Waals surface area contributed by atoms with Crippen molar-refractivity contribution < 1.29 is 24.2 Å². The van der Waals surface area contributed by atoms with Gasteiger partial charge in [0.15, 0.2) is 11.7 Å². The monoisotopic (exact) mass is 440 g/mol. The molecule has 4 aromatic rings. The van der Waals surface area contributed by atoms with Crippen molar-refractivity contribution in [3.63, 3.8) is 0 Å². The van der Waals surface area contributed by atoms with Gasteiger partial charge in [0.25, 0.3) is 5.91 Å². The maximum absolute atomic E-state index is 12.9. The Bertz CT molecular complexity index is 1290. The molecule has 3 heterocycles. The number of fused-ring (bicyclic) bond motifs is 1. The number of aromatic carboxylic acids is 1. The van der Waals surface area contributed by atoms with Gasteiger partial charge in [-0.25, -0.2) is 14.8 Å². The molecule has 0 aliphatic heterocycles. The summed E-state index contributed by atoms with van der Waals surface area (Å²) in [6, 6.07) is 7.97. The van der Waals surface area contributed by atoms with E-state index >= 15 is 0 Å². The van der Waals surface area contributed by atoms with Crippen LogP contribution in [-0.2, 0) is 6.54 Å². The predicted molar refractivity (Wildman–Crippen MR) is 115 cm³/mol. The van der Waals surface area contributed by atoms with E-state index in [1.807, 2.05) is 0 Å². The lowest BCUT2D eigenvalue weighted by molar-refractivity contribution is 0.0629. The standard InChI is InChI=1S/C21H20N4O5S/c1-11-22-9-15(30-11)16-6-7-17(31-16)18(26)24-20-23-13-8-12(19(27)28)4-5-14(13)25(20)10-21(2,3)29/h4-9,29H,10H2,1-3H3,(H,27,28)(H,23,24,26). The van der Waals surface area contributed by atoms with Crippen molar-refractivity contribution in [1.82, 2.24) is 14.5 Å². The van der Waals surface area contributed by atoms with Crippen molar-refractivity contribution in [2.45, 2.75) is 32.9 Å². The molecular formula is C21H20N4O5S. The summed E-state index contributed by atoms with van der Waals surface area (Å²) in [6.07, 6.45) is 1.60. The van der Waals surface area contributed by atoms with Crippen LogP contribution in [0.15, 0.2) is 40.9 Å². The lowest BCUT2D eigenvalue weighted by Crippen LogP contribution is -2.27. The third kappa shape index (κ3) is 4.35. The van der Waals surface area contributed by atoms with E-state index in [4.69, 9.17) is 4.42 Å². The van der Waals surface area contributed by atoms with Crippen LogP contribution in [-0.4, -0.2) is 42.2 Å². The minimum Gasteiger partial charge on any atom is -0.478 e. The molecule has 0 fully saturated rings. The van der Waals surface area contributed by atoms with E-state index in [1.165, 1.54) is 23.5 Å². The highest BCUT2D eigenvalue weighted by molar-refractivity contribution is 7.17. The molecule has 0 bridgehead atoms. The van der Waals surface area contributed by atoms with Crippen molar-refractivity contribution in [3.8, 4) is 10.6 Å². The first-order chi connectivity index (χ1) is 14.6. The number of hydrogen-bond acceptors (Lipinski definition) is 7. The van der Waals surface area contributed by atoms with Crippen molar-refractivity contribution in [2.24, 2.45) is 0 Å². The second-order valence-electron chi connectivity index (χ2n) is 7.70. The van der Waals surface area contributed by atoms with E-state index < -0.39 is 11.6 Å². The Hall–Kier alpha value is -3.50. The number of aliphatic hydroxyl groups is 1. The normalized spacial score (nSPS) is 11.7. The van der Waals surface area contributed by atoms with Gasteiger partial charge in [-0.1, -0.05) is 0 Å². The molecule has 4 rings (SSSR count). The quantitative estimate of drug-likeness (QED) is 0.416. The topological polar surface area (TPSA) is 130 Å². The molecule has 0 unspecified atom stereocenters. The number of nitrogens with one attached hydrogen (secondary N) is 1. The fraction of sp³-hybridized carbons (Fsp3) is 0.238. The van der Waals surface area contributed by atoms with E-state index in [1.54, 1.807) is 49.7 Å². The lowest BCUT2D eigenvalue weighted by Gasteiger charge is -2.20. The fourth-order valence-electron chi connectivity index (χ4n) is 3.14. The average molecular weight is 440 g/mol. The number of thiophene rings is 1. The summed E-state index contributed by atoms with van der Waals surface area (Å²) >= 11 is 1.25. The fourth-order valence-corrected chi connectivity index (χ4v) is 3.98. The van der Waals surface area contributed by atoms with Gasteiger partial charge in [-0.3, -0.25) is 10.1 Å². The molecule has 0 aliphatic carbocycles. The number of aryl methyl sites for hydroxylation is 1.